The number of nitrogens with one attached hydrogen (secondary N) is 1. The average molecular weight is 423 g/mol. The first-order valence-electron chi connectivity index (χ1n) is 9.51. The van der Waals surface area contributed by atoms with E-state index >= 15 is 0 Å². The van der Waals surface area contributed by atoms with E-state index in [1.807, 2.05) is 52.7 Å². The summed E-state index contributed by atoms with van der Waals surface area (Å²) in [4.78, 5) is 27.5. The van der Waals surface area contributed by atoms with E-state index in [1.54, 1.807) is 17.8 Å². The fourth-order valence-corrected chi connectivity index (χ4v) is 5.13. The number of anilines is 2. The van der Waals surface area contributed by atoms with Gasteiger partial charge < -0.3 is 5.32 Å². The Balaban J connectivity index is 1.58. The van der Waals surface area contributed by atoms with Crippen molar-refractivity contribution in [2.45, 2.75) is 25.1 Å². The van der Waals surface area contributed by atoms with Crippen molar-refractivity contribution >= 4 is 46.3 Å². The number of nitrogens with zero attached hydrogens (tertiary/aromatic N) is 1. The molecule has 1 aromatic heterocycles. The van der Waals surface area contributed by atoms with E-state index in [1.165, 1.54) is 16.9 Å². The SMILES string of the molecule is CC(C)c1ccc(N2C(=O)CS[C@@H]2c2cccc(NC(=O)c3cccs3)c2)cc1. The lowest BCUT2D eigenvalue weighted by Crippen LogP contribution is -2.27. The first kappa shape index (κ1) is 19.7. The summed E-state index contributed by atoms with van der Waals surface area (Å²) in [6, 6.07) is 19.6. The van der Waals surface area contributed by atoms with E-state index in [0.29, 0.717) is 16.5 Å². The standard InChI is InChI=1S/C23H22N2O2S2/c1-15(2)16-8-10-19(11-9-16)25-21(26)14-29-23(25)17-5-3-6-18(13-17)24-22(27)20-7-4-12-28-20/h3-13,15,23H,14H2,1-2H3,(H,24,27)/t23-/m1/s1. The van der Waals surface area contributed by atoms with Gasteiger partial charge in [0.1, 0.15) is 5.37 Å². The van der Waals surface area contributed by atoms with Gasteiger partial charge in [-0.2, -0.15) is 0 Å². The molecule has 0 radical (unpaired) electrons. The van der Waals surface area contributed by atoms with Crippen molar-refractivity contribution < 1.29 is 9.59 Å². The molecular formula is C23H22N2O2S2. The molecular weight excluding hydrogens is 400 g/mol. The predicted octanol–water partition coefficient (Wildman–Crippen LogP) is 5.90. The number of rotatable bonds is 5. The molecule has 3 aromatic rings. The van der Waals surface area contributed by atoms with E-state index in [-0.39, 0.29) is 17.2 Å². The second-order valence-electron chi connectivity index (χ2n) is 7.23. The Bertz CT molecular complexity index is 1010. The number of hydrogen-bond donors (Lipinski definition) is 1. The van der Waals surface area contributed by atoms with Crippen LogP contribution in [-0.2, 0) is 4.79 Å². The Kier molecular flexibility index (Phi) is 5.74. The molecule has 4 nitrogen and oxygen atoms in total. The van der Waals surface area contributed by atoms with Crippen LogP contribution in [0.5, 0.6) is 0 Å². The quantitative estimate of drug-likeness (QED) is 0.557. The number of thiophene rings is 1. The second-order valence-corrected chi connectivity index (χ2v) is 9.25. The van der Waals surface area contributed by atoms with Crippen LogP contribution in [0.4, 0.5) is 11.4 Å². The molecule has 29 heavy (non-hydrogen) atoms. The predicted molar refractivity (Wildman–Crippen MR) is 122 cm³/mol. The van der Waals surface area contributed by atoms with Gasteiger partial charge in [-0.1, -0.05) is 44.2 Å². The molecule has 1 aliphatic heterocycles. The molecule has 1 N–H and O–H groups in total. The maximum absolute atomic E-state index is 12.6. The molecule has 148 valence electrons. The molecule has 1 saturated heterocycles. The zero-order valence-corrected chi connectivity index (χ0v) is 17.9. The van der Waals surface area contributed by atoms with Crippen LogP contribution in [-0.4, -0.2) is 17.6 Å². The van der Waals surface area contributed by atoms with Gasteiger partial charge in [-0.05, 0) is 52.8 Å². The minimum atomic E-state index is -0.117. The minimum absolute atomic E-state index is 0.102. The molecule has 4 rings (SSSR count). The molecule has 6 heteroatoms. The van der Waals surface area contributed by atoms with E-state index in [0.717, 1.165) is 16.9 Å². The number of hydrogen-bond acceptors (Lipinski definition) is 4. The van der Waals surface area contributed by atoms with Crippen LogP contribution in [0.2, 0.25) is 0 Å². The Labute approximate surface area is 178 Å². The topological polar surface area (TPSA) is 49.4 Å². The molecule has 0 aliphatic carbocycles. The van der Waals surface area contributed by atoms with Crippen molar-refractivity contribution in [3.05, 3.63) is 82.0 Å². The summed E-state index contributed by atoms with van der Waals surface area (Å²) in [6.45, 7) is 4.31. The third-order valence-corrected chi connectivity index (χ3v) is 6.96. The van der Waals surface area contributed by atoms with Gasteiger partial charge in [0.15, 0.2) is 0 Å². The lowest BCUT2D eigenvalue weighted by molar-refractivity contribution is -0.115. The monoisotopic (exact) mass is 422 g/mol. The van der Waals surface area contributed by atoms with E-state index in [2.05, 4.69) is 31.3 Å². The Morgan fingerprint density at radius 3 is 2.59 bits per heavy atom. The van der Waals surface area contributed by atoms with Crippen molar-refractivity contribution in [3.8, 4) is 0 Å². The van der Waals surface area contributed by atoms with Gasteiger partial charge in [0, 0.05) is 11.4 Å². The maximum Gasteiger partial charge on any atom is 0.265 e. The molecule has 0 bridgehead atoms. The Hall–Kier alpha value is -2.57. The molecule has 1 aliphatic rings. The smallest absolute Gasteiger partial charge is 0.265 e. The van der Waals surface area contributed by atoms with Crippen molar-refractivity contribution in [2.24, 2.45) is 0 Å². The molecule has 2 aromatic carbocycles. The lowest BCUT2D eigenvalue weighted by Gasteiger charge is -2.25. The largest absolute Gasteiger partial charge is 0.321 e. The lowest BCUT2D eigenvalue weighted by atomic mass is 10.0. The number of carbonyl (C=O) groups is 2. The summed E-state index contributed by atoms with van der Waals surface area (Å²) in [5, 5.41) is 4.73. The molecule has 0 unspecified atom stereocenters. The fourth-order valence-electron chi connectivity index (χ4n) is 3.34. The highest BCUT2D eigenvalue weighted by molar-refractivity contribution is 8.00. The third-order valence-electron chi connectivity index (χ3n) is 4.88. The highest BCUT2D eigenvalue weighted by Gasteiger charge is 2.34. The van der Waals surface area contributed by atoms with Crippen molar-refractivity contribution in [1.29, 1.82) is 0 Å². The molecule has 1 fully saturated rings. The first-order chi connectivity index (χ1) is 14.0. The summed E-state index contributed by atoms with van der Waals surface area (Å²) in [7, 11) is 0. The van der Waals surface area contributed by atoms with Crippen molar-refractivity contribution in [3.63, 3.8) is 0 Å². The summed E-state index contributed by atoms with van der Waals surface area (Å²) in [5.41, 5.74) is 3.89. The molecule has 1 atom stereocenters. The van der Waals surface area contributed by atoms with Crippen LogP contribution in [0.1, 0.15) is 45.9 Å². The Morgan fingerprint density at radius 2 is 1.90 bits per heavy atom. The molecule has 2 amide bonds. The number of carbonyl (C=O) groups excluding carboxylic acids is 2. The maximum atomic E-state index is 12.6. The van der Waals surface area contributed by atoms with Gasteiger partial charge in [-0.3, -0.25) is 14.5 Å². The highest BCUT2D eigenvalue weighted by atomic mass is 32.2. The summed E-state index contributed by atoms with van der Waals surface area (Å²) in [5.74, 6) is 0.883. The average Bonchev–Trinajstić information content (AvgIpc) is 3.38. The van der Waals surface area contributed by atoms with Gasteiger partial charge in [0.05, 0.1) is 10.6 Å². The van der Waals surface area contributed by atoms with Crippen LogP contribution >= 0.6 is 23.1 Å². The second kappa shape index (κ2) is 8.43. The fraction of sp³-hybridized carbons (Fsp3) is 0.217. The van der Waals surface area contributed by atoms with Crippen LogP contribution in [0.25, 0.3) is 0 Å². The third kappa shape index (κ3) is 4.23. The van der Waals surface area contributed by atoms with Crippen LogP contribution < -0.4 is 10.2 Å². The molecule has 2 heterocycles. The zero-order chi connectivity index (χ0) is 20.4. The summed E-state index contributed by atoms with van der Waals surface area (Å²) >= 11 is 3.02. The van der Waals surface area contributed by atoms with Crippen LogP contribution in [0, 0.1) is 0 Å². The van der Waals surface area contributed by atoms with Gasteiger partial charge in [-0.15, -0.1) is 23.1 Å². The van der Waals surface area contributed by atoms with Gasteiger partial charge in [0.25, 0.3) is 5.91 Å². The number of thioether (sulfide) groups is 1. The Morgan fingerprint density at radius 1 is 1.10 bits per heavy atom. The van der Waals surface area contributed by atoms with Crippen LogP contribution in [0.3, 0.4) is 0 Å². The van der Waals surface area contributed by atoms with E-state index in [4.69, 9.17) is 0 Å². The summed E-state index contributed by atoms with van der Waals surface area (Å²) < 4.78 is 0. The van der Waals surface area contributed by atoms with Gasteiger partial charge in [-0.25, -0.2) is 0 Å². The normalized spacial score (nSPS) is 16.4. The van der Waals surface area contributed by atoms with Gasteiger partial charge >= 0.3 is 0 Å². The first-order valence-corrected chi connectivity index (χ1v) is 11.4. The van der Waals surface area contributed by atoms with Crippen molar-refractivity contribution in [1.82, 2.24) is 0 Å². The molecule has 0 spiro atoms. The summed E-state index contributed by atoms with van der Waals surface area (Å²) in [6.07, 6.45) is 0. The molecule has 0 saturated carbocycles. The highest BCUT2D eigenvalue weighted by Crippen LogP contribution is 2.42. The van der Waals surface area contributed by atoms with E-state index in [9.17, 15) is 9.59 Å². The van der Waals surface area contributed by atoms with E-state index < -0.39 is 0 Å². The van der Waals surface area contributed by atoms with Crippen LogP contribution in [0.15, 0.2) is 66.0 Å². The number of benzene rings is 2. The van der Waals surface area contributed by atoms with Crippen molar-refractivity contribution in [2.75, 3.05) is 16.0 Å². The minimum Gasteiger partial charge on any atom is -0.321 e. The number of amides is 2. The zero-order valence-electron chi connectivity index (χ0n) is 16.3. The van der Waals surface area contributed by atoms with Gasteiger partial charge in [0.2, 0.25) is 5.91 Å².